The van der Waals surface area contributed by atoms with Crippen molar-refractivity contribution in [1.29, 1.82) is 0 Å². The van der Waals surface area contributed by atoms with Gasteiger partial charge in [-0.25, -0.2) is 0 Å². The standard InChI is InChI=1S/C17H19NO/c1-12-6-8-14(9-7-12)17(19)16-11-10-13-4-2-3-5-15(13)18-16/h2-9,16-19H,10-11H2,1H3. The van der Waals surface area contributed by atoms with E-state index >= 15 is 0 Å². The molecule has 0 bridgehead atoms. The molecule has 0 aromatic heterocycles. The number of aliphatic hydroxyl groups excluding tert-OH is 1. The zero-order chi connectivity index (χ0) is 13.2. The van der Waals surface area contributed by atoms with E-state index in [0.717, 1.165) is 24.1 Å². The molecule has 0 saturated carbocycles. The van der Waals surface area contributed by atoms with E-state index in [-0.39, 0.29) is 6.04 Å². The van der Waals surface area contributed by atoms with Crippen LogP contribution in [-0.4, -0.2) is 11.1 Å². The monoisotopic (exact) mass is 253 g/mol. The summed E-state index contributed by atoms with van der Waals surface area (Å²) in [5.41, 5.74) is 4.71. The Bertz CT molecular complexity index is 562. The Balaban J connectivity index is 1.79. The van der Waals surface area contributed by atoms with Gasteiger partial charge >= 0.3 is 0 Å². The number of fused-ring (bicyclic) bond motifs is 1. The number of anilines is 1. The van der Waals surface area contributed by atoms with Crippen LogP contribution in [0, 0.1) is 6.92 Å². The fourth-order valence-corrected chi connectivity index (χ4v) is 2.69. The molecule has 0 aliphatic carbocycles. The van der Waals surface area contributed by atoms with E-state index in [1.807, 2.05) is 18.2 Å². The molecule has 2 nitrogen and oxygen atoms in total. The molecule has 2 aromatic carbocycles. The Morgan fingerprint density at radius 2 is 1.84 bits per heavy atom. The quantitative estimate of drug-likeness (QED) is 0.859. The van der Waals surface area contributed by atoms with Gasteiger partial charge in [0.15, 0.2) is 0 Å². The Labute approximate surface area is 114 Å². The van der Waals surface area contributed by atoms with Crippen LogP contribution in [-0.2, 0) is 6.42 Å². The summed E-state index contributed by atoms with van der Waals surface area (Å²) in [6, 6.07) is 16.6. The molecule has 1 heterocycles. The van der Waals surface area contributed by atoms with E-state index < -0.39 is 6.10 Å². The topological polar surface area (TPSA) is 32.3 Å². The van der Waals surface area contributed by atoms with Gasteiger partial charge in [0.05, 0.1) is 12.1 Å². The van der Waals surface area contributed by atoms with Crippen LogP contribution in [0.5, 0.6) is 0 Å². The maximum atomic E-state index is 10.5. The first-order chi connectivity index (χ1) is 9.24. The van der Waals surface area contributed by atoms with E-state index in [9.17, 15) is 5.11 Å². The summed E-state index contributed by atoms with van der Waals surface area (Å²) in [6.07, 6.45) is 1.54. The van der Waals surface area contributed by atoms with Crippen LogP contribution in [0.25, 0.3) is 0 Å². The second-order valence-corrected chi connectivity index (χ2v) is 5.30. The molecule has 0 amide bonds. The number of benzene rings is 2. The van der Waals surface area contributed by atoms with Crippen molar-refractivity contribution in [2.24, 2.45) is 0 Å². The third kappa shape index (κ3) is 2.49. The maximum absolute atomic E-state index is 10.5. The van der Waals surface area contributed by atoms with Crippen molar-refractivity contribution in [1.82, 2.24) is 0 Å². The molecule has 2 aromatic rings. The summed E-state index contributed by atoms with van der Waals surface area (Å²) in [6.45, 7) is 2.06. The largest absolute Gasteiger partial charge is 0.386 e. The number of aliphatic hydroxyl groups is 1. The molecule has 0 fully saturated rings. The molecule has 1 aliphatic heterocycles. The predicted octanol–water partition coefficient (Wildman–Crippen LogP) is 3.46. The Morgan fingerprint density at radius 3 is 2.63 bits per heavy atom. The van der Waals surface area contributed by atoms with Crippen molar-refractivity contribution < 1.29 is 5.11 Å². The summed E-state index contributed by atoms with van der Waals surface area (Å²) in [5, 5.41) is 14.0. The van der Waals surface area contributed by atoms with Gasteiger partial charge in [-0.05, 0) is 37.0 Å². The highest BCUT2D eigenvalue weighted by Crippen LogP contribution is 2.30. The number of nitrogens with one attached hydrogen (secondary N) is 1. The van der Waals surface area contributed by atoms with Gasteiger partial charge in [-0.2, -0.15) is 0 Å². The second kappa shape index (κ2) is 5.06. The van der Waals surface area contributed by atoms with Gasteiger partial charge in [0.1, 0.15) is 0 Å². The second-order valence-electron chi connectivity index (χ2n) is 5.30. The predicted molar refractivity (Wildman–Crippen MR) is 78.3 cm³/mol. The molecule has 2 N–H and O–H groups in total. The lowest BCUT2D eigenvalue weighted by Crippen LogP contribution is -2.31. The molecule has 0 spiro atoms. The highest BCUT2D eigenvalue weighted by atomic mass is 16.3. The minimum atomic E-state index is -0.450. The van der Waals surface area contributed by atoms with Gasteiger partial charge < -0.3 is 10.4 Å². The highest BCUT2D eigenvalue weighted by molar-refractivity contribution is 5.54. The van der Waals surface area contributed by atoms with Crippen LogP contribution in [0.1, 0.15) is 29.2 Å². The highest BCUT2D eigenvalue weighted by Gasteiger charge is 2.24. The van der Waals surface area contributed by atoms with E-state index in [4.69, 9.17) is 0 Å². The van der Waals surface area contributed by atoms with Crippen LogP contribution >= 0.6 is 0 Å². The minimum Gasteiger partial charge on any atom is -0.386 e. The summed E-state index contributed by atoms with van der Waals surface area (Å²) in [7, 11) is 0. The van der Waals surface area contributed by atoms with E-state index in [1.165, 1.54) is 11.1 Å². The molecule has 0 saturated heterocycles. The van der Waals surface area contributed by atoms with Gasteiger partial charge in [-0.3, -0.25) is 0 Å². The summed E-state index contributed by atoms with van der Waals surface area (Å²) in [4.78, 5) is 0. The number of rotatable bonds is 2. The smallest absolute Gasteiger partial charge is 0.0991 e. The molecule has 1 aliphatic rings. The summed E-state index contributed by atoms with van der Waals surface area (Å²) in [5.74, 6) is 0. The molecule has 2 atom stereocenters. The zero-order valence-electron chi connectivity index (χ0n) is 11.1. The normalized spacial score (nSPS) is 19.4. The van der Waals surface area contributed by atoms with Gasteiger partial charge in [-0.1, -0.05) is 48.0 Å². The minimum absolute atomic E-state index is 0.0950. The molecule has 0 radical (unpaired) electrons. The van der Waals surface area contributed by atoms with Crippen molar-refractivity contribution in [3.8, 4) is 0 Å². The summed E-state index contributed by atoms with van der Waals surface area (Å²) < 4.78 is 0. The van der Waals surface area contributed by atoms with Gasteiger partial charge in [0.25, 0.3) is 0 Å². The maximum Gasteiger partial charge on any atom is 0.0991 e. The Hall–Kier alpha value is -1.80. The van der Waals surface area contributed by atoms with Crippen LogP contribution in [0.3, 0.4) is 0 Å². The fourth-order valence-electron chi connectivity index (χ4n) is 2.69. The first-order valence-corrected chi connectivity index (χ1v) is 6.83. The molecule has 2 unspecified atom stereocenters. The van der Waals surface area contributed by atoms with Crippen LogP contribution in [0.15, 0.2) is 48.5 Å². The first-order valence-electron chi connectivity index (χ1n) is 6.83. The van der Waals surface area contributed by atoms with Crippen LogP contribution in [0.2, 0.25) is 0 Å². The third-order valence-electron chi connectivity index (χ3n) is 3.88. The molecule has 19 heavy (non-hydrogen) atoms. The van der Waals surface area contributed by atoms with E-state index in [2.05, 4.69) is 42.6 Å². The lowest BCUT2D eigenvalue weighted by Gasteiger charge is -2.30. The van der Waals surface area contributed by atoms with Crippen LogP contribution < -0.4 is 5.32 Å². The van der Waals surface area contributed by atoms with Crippen molar-refractivity contribution >= 4 is 5.69 Å². The van der Waals surface area contributed by atoms with Gasteiger partial charge in [-0.15, -0.1) is 0 Å². The number of para-hydroxylation sites is 1. The van der Waals surface area contributed by atoms with Crippen molar-refractivity contribution in [2.45, 2.75) is 31.9 Å². The number of hydrogen-bond acceptors (Lipinski definition) is 2. The van der Waals surface area contributed by atoms with Gasteiger partial charge in [0.2, 0.25) is 0 Å². The molecule has 3 rings (SSSR count). The number of aryl methyl sites for hydroxylation is 2. The van der Waals surface area contributed by atoms with Crippen molar-refractivity contribution in [3.63, 3.8) is 0 Å². The van der Waals surface area contributed by atoms with Crippen molar-refractivity contribution in [3.05, 3.63) is 65.2 Å². The Kier molecular flexibility index (Phi) is 3.26. The Morgan fingerprint density at radius 1 is 1.11 bits per heavy atom. The average Bonchev–Trinajstić information content (AvgIpc) is 2.47. The lowest BCUT2D eigenvalue weighted by atomic mass is 9.91. The number of hydrogen-bond donors (Lipinski definition) is 2. The van der Waals surface area contributed by atoms with Gasteiger partial charge in [0, 0.05) is 5.69 Å². The van der Waals surface area contributed by atoms with E-state index in [1.54, 1.807) is 0 Å². The lowest BCUT2D eigenvalue weighted by molar-refractivity contribution is 0.149. The molecule has 2 heteroatoms. The molecular weight excluding hydrogens is 234 g/mol. The zero-order valence-corrected chi connectivity index (χ0v) is 11.1. The average molecular weight is 253 g/mol. The molecule has 98 valence electrons. The SMILES string of the molecule is Cc1ccc(C(O)C2CCc3ccccc3N2)cc1. The summed E-state index contributed by atoms with van der Waals surface area (Å²) >= 11 is 0. The molecular formula is C17H19NO. The third-order valence-corrected chi connectivity index (χ3v) is 3.88. The fraction of sp³-hybridized carbons (Fsp3) is 0.294. The van der Waals surface area contributed by atoms with E-state index in [0.29, 0.717) is 0 Å². The first kappa shape index (κ1) is 12.2. The van der Waals surface area contributed by atoms with Crippen LogP contribution in [0.4, 0.5) is 5.69 Å². The van der Waals surface area contributed by atoms with Crippen molar-refractivity contribution in [2.75, 3.05) is 5.32 Å².